The summed E-state index contributed by atoms with van der Waals surface area (Å²) in [6.45, 7) is 4.08. The van der Waals surface area contributed by atoms with E-state index < -0.39 is 0 Å². The summed E-state index contributed by atoms with van der Waals surface area (Å²) in [6.07, 6.45) is 7.02. The third kappa shape index (κ3) is 2.45. The molecule has 0 saturated carbocycles. The molecule has 3 rings (SSSR count). The van der Waals surface area contributed by atoms with Crippen molar-refractivity contribution in [3.8, 4) is 0 Å². The van der Waals surface area contributed by atoms with E-state index in [0.29, 0.717) is 11.8 Å². The maximum atomic E-state index is 5.48. The largest absolute Gasteiger partial charge is 0.381 e. The minimum atomic E-state index is 0.658. The molecular formula is C14H23N3O. The zero-order valence-electron chi connectivity index (χ0n) is 11.2. The molecule has 0 amide bonds. The Kier molecular flexibility index (Phi) is 3.66. The zero-order valence-corrected chi connectivity index (χ0v) is 11.2. The fraction of sp³-hybridized carbons (Fsp3) is 0.786. The lowest BCUT2D eigenvalue weighted by Crippen LogP contribution is -2.27. The first kappa shape index (κ1) is 12.2. The Bertz CT molecular complexity index is 354. The second kappa shape index (κ2) is 5.41. The molecule has 1 aromatic rings. The summed E-state index contributed by atoms with van der Waals surface area (Å²) in [5.74, 6) is 1.32. The molecule has 100 valence electrons. The molecule has 0 bridgehead atoms. The van der Waals surface area contributed by atoms with Crippen LogP contribution in [0.1, 0.15) is 48.8 Å². The lowest BCUT2D eigenvalue weighted by Gasteiger charge is -2.26. The van der Waals surface area contributed by atoms with E-state index in [-0.39, 0.29) is 0 Å². The molecule has 0 spiro atoms. The first-order valence-electron chi connectivity index (χ1n) is 7.16. The Balaban J connectivity index is 1.83. The number of rotatable bonds is 2. The highest BCUT2D eigenvalue weighted by atomic mass is 16.5. The molecule has 4 heteroatoms. The molecule has 0 radical (unpaired) electrons. The van der Waals surface area contributed by atoms with Crippen LogP contribution in [0.5, 0.6) is 0 Å². The van der Waals surface area contributed by atoms with Crippen LogP contribution >= 0.6 is 0 Å². The number of aromatic nitrogens is 2. The molecule has 1 aromatic heterocycles. The summed E-state index contributed by atoms with van der Waals surface area (Å²) in [5, 5.41) is 8.19. The van der Waals surface area contributed by atoms with E-state index in [1.807, 2.05) is 11.7 Å². The number of ether oxygens (including phenoxy) is 1. The zero-order chi connectivity index (χ0) is 12.4. The molecule has 0 unspecified atom stereocenters. The fourth-order valence-corrected chi connectivity index (χ4v) is 3.26. The Morgan fingerprint density at radius 1 is 1.17 bits per heavy atom. The van der Waals surface area contributed by atoms with Crippen LogP contribution in [0, 0.1) is 0 Å². The minimum absolute atomic E-state index is 0.658. The van der Waals surface area contributed by atoms with Crippen molar-refractivity contribution in [3.05, 3.63) is 17.5 Å². The van der Waals surface area contributed by atoms with Gasteiger partial charge in [0.2, 0.25) is 0 Å². The maximum Gasteiger partial charge on any atom is 0.0691 e. The smallest absolute Gasteiger partial charge is 0.0691 e. The van der Waals surface area contributed by atoms with E-state index >= 15 is 0 Å². The van der Waals surface area contributed by atoms with Crippen LogP contribution in [-0.4, -0.2) is 36.1 Å². The van der Waals surface area contributed by atoms with Crippen LogP contribution in [0.25, 0.3) is 0 Å². The molecule has 4 nitrogen and oxygen atoms in total. The van der Waals surface area contributed by atoms with Crippen molar-refractivity contribution < 1.29 is 4.74 Å². The number of hydrogen-bond acceptors (Lipinski definition) is 3. The van der Waals surface area contributed by atoms with Gasteiger partial charge in [-0.3, -0.25) is 4.68 Å². The first-order chi connectivity index (χ1) is 8.84. The van der Waals surface area contributed by atoms with E-state index in [4.69, 9.17) is 9.84 Å². The SMILES string of the molecule is Cn1cc(C2CCOCC2)c(C2CCNCC2)n1. The van der Waals surface area contributed by atoms with Gasteiger partial charge in [-0.2, -0.15) is 5.10 Å². The molecule has 0 aliphatic carbocycles. The predicted molar refractivity (Wildman–Crippen MR) is 70.8 cm³/mol. The van der Waals surface area contributed by atoms with Crippen molar-refractivity contribution in [1.29, 1.82) is 0 Å². The lowest BCUT2D eigenvalue weighted by molar-refractivity contribution is 0.0850. The van der Waals surface area contributed by atoms with Crippen molar-refractivity contribution in [2.45, 2.75) is 37.5 Å². The molecule has 0 atom stereocenters. The Morgan fingerprint density at radius 2 is 1.89 bits per heavy atom. The van der Waals surface area contributed by atoms with Crippen LogP contribution < -0.4 is 5.32 Å². The van der Waals surface area contributed by atoms with Crippen LogP contribution in [0.15, 0.2) is 6.20 Å². The number of nitrogens with zero attached hydrogens (tertiary/aromatic N) is 2. The van der Waals surface area contributed by atoms with Crippen molar-refractivity contribution >= 4 is 0 Å². The third-order valence-corrected chi connectivity index (χ3v) is 4.27. The van der Waals surface area contributed by atoms with Gasteiger partial charge in [0.05, 0.1) is 5.69 Å². The predicted octanol–water partition coefficient (Wildman–Crippen LogP) is 1.78. The second-order valence-electron chi connectivity index (χ2n) is 5.55. The van der Waals surface area contributed by atoms with Crippen LogP contribution in [0.4, 0.5) is 0 Å². The van der Waals surface area contributed by atoms with Gasteiger partial charge in [0.25, 0.3) is 0 Å². The molecule has 3 heterocycles. The molecular weight excluding hydrogens is 226 g/mol. The van der Waals surface area contributed by atoms with E-state index in [0.717, 1.165) is 39.1 Å². The minimum Gasteiger partial charge on any atom is -0.381 e. The number of nitrogens with one attached hydrogen (secondary N) is 1. The summed E-state index contributed by atoms with van der Waals surface area (Å²) >= 11 is 0. The van der Waals surface area contributed by atoms with Gasteiger partial charge in [0.1, 0.15) is 0 Å². The third-order valence-electron chi connectivity index (χ3n) is 4.27. The quantitative estimate of drug-likeness (QED) is 0.868. The summed E-state index contributed by atoms with van der Waals surface area (Å²) in [4.78, 5) is 0. The van der Waals surface area contributed by atoms with Crippen LogP contribution in [0.3, 0.4) is 0 Å². The summed E-state index contributed by atoms with van der Waals surface area (Å²) < 4.78 is 7.48. The first-order valence-corrected chi connectivity index (χ1v) is 7.16. The molecule has 2 fully saturated rings. The summed E-state index contributed by atoms with van der Waals surface area (Å²) in [6, 6.07) is 0. The Hall–Kier alpha value is -0.870. The van der Waals surface area contributed by atoms with Gasteiger partial charge in [0.15, 0.2) is 0 Å². The molecule has 2 saturated heterocycles. The summed E-state index contributed by atoms with van der Waals surface area (Å²) in [7, 11) is 2.05. The second-order valence-corrected chi connectivity index (χ2v) is 5.55. The van der Waals surface area contributed by atoms with Gasteiger partial charge >= 0.3 is 0 Å². The molecule has 1 N–H and O–H groups in total. The lowest BCUT2D eigenvalue weighted by atomic mass is 9.85. The highest BCUT2D eigenvalue weighted by molar-refractivity contribution is 5.26. The van der Waals surface area contributed by atoms with Crippen molar-refractivity contribution in [3.63, 3.8) is 0 Å². The highest BCUT2D eigenvalue weighted by Crippen LogP contribution is 2.35. The standard InChI is InChI=1S/C14H23N3O/c1-17-10-13(11-4-8-18-9-5-11)14(16-17)12-2-6-15-7-3-12/h10-12,15H,2-9H2,1H3. The monoisotopic (exact) mass is 249 g/mol. The number of hydrogen-bond donors (Lipinski definition) is 1. The van der Waals surface area contributed by atoms with Gasteiger partial charge in [-0.15, -0.1) is 0 Å². The average molecular weight is 249 g/mol. The normalized spacial score (nSPS) is 23.4. The van der Waals surface area contributed by atoms with Gasteiger partial charge in [0, 0.05) is 32.4 Å². The molecule has 2 aliphatic rings. The number of aryl methyl sites for hydroxylation is 1. The van der Waals surface area contributed by atoms with Crippen molar-refractivity contribution in [2.75, 3.05) is 26.3 Å². The Morgan fingerprint density at radius 3 is 2.61 bits per heavy atom. The van der Waals surface area contributed by atoms with Crippen LogP contribution in [-0.2, 0) is 11.8 Å². The maximum absolute atomic E-state index is 5.48. The summed E-state index contributed by atoms with van der Waals surface area (Å²) in [5.41, 5.74) is 2.86. The fourth-order valence-electron chi connectivity index (χ4n) is 3.26. The topological polar surface area (TPSA) is 39.1 Å². The molecule has 0 aromatic carbocycles. The van der Waals surface area contributed by atoms with Crippen LogP contribution in [0.2, 0.25) is 0 Å². The van der Waals surface area contributed by atoms with Gasteiger partial charge in [-0.1, -0.05) is 0 Å². The molecule has 18 heavy (non-hydrogen) atoms. The van der Waals surface area contributed by atoms with Crippen molar-refractivity contribution in [2.24, 2.45) is 7.05 Å². The van der Waals surface area contributed by atoms with E-state index in [2.05, 4.69) is 11.5 Å². The van der Waals surface area contributed by atoms with Gasteiger partial charge in [-0.25, -0.2) is 0 Å². The van der Waals surface area contributed by atoms with Crippen molar-refractivity contribution in [1.82, 2.24) is 15.1 Å². The highest BCUT2D eigenvalue weighted by Gasteiger charge is 2.26. The van der Waals surface area contributed by atoms with Gasteiger partial charge < -0.3 is 10.1 Å². The van der Waals surface area contributed by atoms with E-state index in [9.17, 15) is 0 Å². The average Bonchev–Trinajstić information content (AvgIpc) is 2.83. The Labute approximate surface area is 109 Å². The molecule has 2 aliphatic heterocycles. The van der Waals surface area contributed by atoms with E-state index in [1.165, 1.54) is 24.1 Å². The van der Waals surface area contributed by atoms with E-state index in [1.54, 1.807) is 0 Å². The van der Waals surface area contributed by atoms with Gasteiger partial charge in [-0.05, 0) is 50.3 Å². The number of piperidine rings is 1.